The van der Waals surface area contributed by atoms with E-state index in [1.54, 1.807) is 11.8 Å². The van der Waals surface area contributed by atoms with Gasteiger partial charge in [-0.3, -0.25) is 4.68 Å². The molecule has 1 aromatic heterocycles. The van der Waals surface area contributed by atoms with Gasteiger partial charge in [-0.1, -0.05) is 5.21 Å². The van der Waals surface area contributed by atoms with Crippen LogP contribution in [0.15, 0.2) is 30.5 Å². The minimum Gasteiger partial charge on any atom is -0.497 e. The van der Waals surface area contributed by atoms with Crippen molar-refractivity contribution in [3.63, 3.8) is 0 Å². The molecule has 102 valence electrons. The zero-order valence-corrected chi connectivity index (χ0v) is 10.9. The minimum absolute atomic E-state index is 0.166. The van der Waals surface area contributed by atoms with Gasteiger partial charge in [0, 0.05) is 18.8 Å². The van der Waals surface area contributed by atoms with E-state index in [1.165, 1.54) is 0 Å². The molecule has 0 aliphatic rings. The molecule has 0 fully saturated rings. The van der Waals surface area contributed by atoms with Gasteiger partial charge in [0.2, 0.25) is 0 Å². The van der Waals surface area contributed by atoms with Gasteiger partial charge in [0.25, 0.3) is 0 Å². The van der Waals surface area contributed by atoms with Gasteiger partial charge < -0.3 is 15.2 Å². The molecule has 0 bridgehead atoms. The van der Waals surface area contributed by atoms with Crippen LogP contribution in [0.25, 0.3) is 0 Å². The quantitative estimate of drug-likeness (QED) is 0.786. The second-order valence-electron chi connectivity index (χ2n) is 4.13. The number of aryl methyl sites for hydroxylation is 1. The lowest BCUT2D eigenvalue weighted by Crippen LogP contribution is -2.01. The van der Waals surface area contributed by atoms with Gasteiger partial charge in [-0.15, -0.1) is 5.10 Å². The number of aliphatic hydroxyl groups is 1. The Kier molecular flexibility index (Phi) is 4.74. The summed E-state index contributed by atoms with van der Waals surface area (Å²) in [6.07, 6.45) is 2.57. The number of hydrogen-bond donors (Lipinski definition) is 2. The molecule has 1 heterocycles. The lowest BCUT2D eigenvalue weighted by atomic mass is 10.3. The molecule has 6 heteroatoms. The summed E-state index contributed by atoms with van der Waals surface area (Å²) >= 11 is 0. The lowest BCUT2D eigenvalue weighted by Gasteiger charge is -2.05. The average molecular weight is 262 g/mol. The summed E-state index contributed by atoms with van der Waals surface area (Å²) in [5.74, 6) is 0.834. The molecule has 0 spiro atoms. The van der Waals surface area contributed by atoms with Crippen LogP contribution in [0.1, 0.15) is 12.1 Å². The normalized spacial score (nSPS) is 10.4. The summed E-state index contributed by atoms with van der Waals surface area (Å²) < 4.78 is 6.84. The van der Waals surface area contributed by atoms with E-state index in [-0.39, 0.29) is 6.61 Å². The summed E-state index contributed by atoms with van der Waals surface area (Å²) in [6, 6.07) is 7.71. The standard InChI is InChI=1S/C13H18N4O2/c1-19-13-5-3-11(4-6-13)14-9-12-10-17(16-15-12)7-2-8-18/h3-6,10,14,18H,2,7-9H2,1H3. The molecule has 19 heavy (non-hydrogen) atoms. The third-order valence-electron chi connectivity index (χ3n) is 2.70. The van der Waals surface area contributed by atoms with Crippen molar-refractivity contribution in [2.75, 3.05) is 19.0 Å². The number of anilines is 1. The van der Waals surface area contributed by atoms with E-state index in [2.05, 4.69) is 15.6 Å². The molecule has 0 saturated heterocycles. The zero-order chi connectivity index (χ0) is 13.5. The second kappa shape index (κ2) is 6.75. The highest BCUT2D eigenvalue weighted by atomic mass is 16.5. The van der Waals surface area contributed by atoms with Gasteiger partial charge in [-0.2, -0.15) is 0 Å². The van der Waals surface area contributed by atoms with Crippen LogP contribution >= 0.6 is 0 Å². The maximum absolute atomic E-state index is 8.75. The molecule has 0 amide bonds. The molecule has 2 rings (SSSR count). The zero-order valence-electron chi connectivity index (χ0n) is 10.9. The maximum atomic E-state index is 8.75. The largest absolute Gasteiger partial charge is 0.497 e. The molecule has 1 aromatic carbocycles. The molecule has 0 aliphatic heterocycles. The predicted molar refractivity (Wildman–Crippen MR) is 72.0 cm³/mol. The number of nitrogens with zero attached hydrogens (tertiary/aromatic N) is 3. The molecule has 6 nitrogen and oxygen atoms in total. The van der Waals surface area contributed by atoms with E-state index >= 15 is 0 Å². The number of hydrogen-bond acceptors (Lipinski definition) is 5. The first-order valence-corrected chi connectivity index (χ1v) is 6.19. The van der Waals surface area contributed by atoms with Gasteiger partial charge in [0.05, 0.1) is 19.9 Å². The van der Waals surface area contributed by atoms with Crippen molar-refractivity contribution < 1.29 is 9.84 Å². The third kappa shape index (κ3) is 3.96. The van der Waals surface area contributed by atoms with Gasteiger partial charge >= 0.3 is 0 Å². The Morgan fingerprint density at radius 2 is 2.11 bits per heavy atom. The van der Waals surface area contributed by atoms with E-state index < -0.39 is 0 Å². The molecule has 2 aromatic rings. The molecular weight excluding hydrogens is 244 g/mol. The van der Waals surface area contributed by atoms with Crippen LogP contribution in [0.5, 0.6) is 5.75 Å². The number of benzene rings is 1. The molecule has 0 aliphatic carbocycles. The molecule has 0 saturated carbocycles. The molecular formula is C13H18N4O2. The summed E-state index contributed by atoms with van der Waals surface area (Å²) in [5.41, 5.74) is 1.87. The van der Waals surface area contributed by atoms with E-state index in [4.69, 9.17) is 9.84 Å². The fourth-order valence-electron chi connectivity index (χ4n) is 1.66. The second-order valence-corrected chi connectivity index (χ2v) is 4.13. The van der Waals surface area contributed by atoms with E-state index in [0.29, 0.717) is 19.5 Å². The predicted octanol–water partition coefficient (Wildman–Crippen LogP) is 1.28. The first-order valence-electron chi connectivity index (χ1n) is 6.19. The Hall–Kier alpha value is -2.08. The summed E-state index contributed by atoms with van der Waals surface area (Å²) in [7, 11) is 1.65. The topological polar surface area (TPSA) is 72.2 Å². The highest BCUT2D eigenvalue weighted by Crippen LogP contribution is 2.15. The summed E-state index contributed by atoms with van der Waals surface area (Å²) in [5, 5.41) is 20.1. The molecule has 0 unspecified atom stereocenters. The number of nitrogens with one attached hydrogen (secondary N) is 1. The first-order chi connectivity index (χ1) is 9.31. The van der Waals surface area contributed by atoms with Crippen LogP contribution in [0.4, 0.5) is 5.69 Å². The van der Waals surface area contributed by atoms with Crippen molar-refractivity contribution in [1.29, 1.82) is 0 Å². The van der Waals surface area contributed by atoms with Crippen LogP contribution in [-0.4, -0.2) is 33.8 Å². The fraction of sp³-hybridized carbons (Fsp3) is 0.385. The van der Waals surface area contributed by atoms with Crippen LogP contribution in [0.3, 0.4) is 0 Å². The number of rotatable bonds is 7. The van der Waals surface area contributed by atoms with Gasteiger partial charge in [-0.05, 0) is 30.7 Å². The van der Waals surface area contributed by atoms with Crippen molar-refractivity contribution in [1.82, 2.24) is 15.0 Å². The Bertz CT molecular complexity index is 496. The molecule has 0 radical (unpaired) electrons. The smallest absolute Gasteiger partial charge is 0.119 e. The van der Waals surface area contributed by atoms with Crippen molar-refractivity contribution in [3.05, 3.63) is 36.2 Å². The van der Waals surface area contributed by atoms with Crippen molar-refractivity contribution >= 4 is 5.69 Å². The number of aliphatic hydroxyl groups excluding tert-OH is 1. The molecule has 2 N–H and O–H groups in total. The Balaban J connectivity index is 1.85. The summed E-state index contributed by atoms with van der Waals surface area (Å²) in [4.78, 5) is 0. The lowest BCUT2D eigenvalue weighted by molar-refractivity contribution is 0.276. The van der Waals surface area contributed by atoms with Gasteiger partial charge in [0.15, 0.2) is 0 Å². The van der Waals surface area contributed by atoms with E-state index in [1.807, 2.05) is 30.5 Å². The average Bonchev–Trinajstić information content (AvgIpc) is 2.91. The van der Waals surface area contributed by atoms with Crippen LogP contribution in [0, 0.1) is 0 Å². The van der Waals surface area contributed by atoms with Crippen molar-refractivity contribution in [2.24, 2.45) is 0 Å². The maximum Gasteiger partial charge on any atom is 0.119 e. The summed E-state index contributed by atoms with van der Waals surface area (Å²) in [6.45, 7) is 1.47. The highest BCUT2D eigenvalue weighted by Gasteiger charge is 2.01. The number of methoxy groups -OCH3 is 1. The van der Waals surface area contributed by atoms with Crippen molar-refractivity contribution in [3.8, 4) is 5.75 Å². The van der Waals surface area contributed by atoms with Crippen LogP contribution < -0.4 is 10.1 Å². The van der Waals surface area contributed by atoms with Crippen LogP contribution in [0.2, 0.25) is 0 Å². The Morgan fingerprint density at radius 1 is 1.32 bits per heavy atom. The van der Waals surface area contributed by atoms with E-state index in [0.717, 1.165) is 17.1 Å². The van der Waals surface area contributed by atoms with Crippen LogP contribution in [-0.2, 0) is 13.1 Å². The fourth-order valence-corrected chi connectivity index (χ4v) is 1.66. The Morgan fingerprint density at radius 3 is 2.79 bits per heavy atom. The monoisotopic (exact) mass is 262 g/mol. The van der Waals surface area contributed by atoms with E-state index in [9.17, 15) is 0 Å². The molecule has 0 atom stereocenters. The van der Waals surface area contributed by atoms with Crippen molar-refractivity contribution in [2.45, 2.75) is 19.5 Å². The number of aromatic nitrogens is 3. The minimum atomic E-state index is 0.166. The first kappa shape index (κ1) is 13.4. The van der Waals surface area contributed by atoms with Gasteiger partial charge in [-0.25, -0.2) is 0 Å². The SMILES string of the molecule is COc1ccc(NCc2cn(CCCO)nn2)cc1. The number of ether oxygens (including phenoxy) is 1. The van der Waals surface area contributed by atoms with Gasteiger partial charge in [0.1, 0.15) is 11.4 Å². The highest BCUT2D eigenvalue weighted by molar-refractivity contribution is 5.46. The Labute approximate surface area is 112 Å². The third-order valence-corrected chi connectivity index (χ3v) is 2.70.